The summed E-state index contributed by atoms with van der Waals surface area (Å²) in [5.74, 6) is 0.752. The molecule has 0 aliphatic carbocycles. The van der Waals surface area contributed by atoms with Crippen molar-refractivity contribution in [3.63, 3.8) is 0 Å². The summed E-state index contributed by atoms with van der Waals surface area (Å²) in [6.07, 6.45) is -4.36. The minimum absolute atomic E-state index is 0.297. The number of nitrogen functional groups attached to an aromatic ring is 2. The predicted molar refractivity (Wildman–Crippen MR) is 71.5 cm³/mol. The van der Waals surface area contributed by atoms with Crippen molar-refractivity contribution in [2.24, 2.45) is 0 Å². The highest BCUT2D eigenvalue weighted by Crippen LogP contribution is 2.33. The normalized spacial score (nSPS) is 11.4. The van der Waals surface area contributed by atoms with Crippen LogP contribution in [0.4, 0.5) is 24.5 Å². The second kappa shape index (κ2) is 4.96. The fourth-order valence-corrected chi connectivity index (χ4v) is 1.68. The molecule has 106 valence electrons. The molecule has 0 unspecified atom stereocenters. The molecule has 0 aliphatic rings. The Morgan fingerprint density at radius 1 is 0.950 bits per heavy atom. The van der Waals surface area contributed by atoms with Crippen molar-refractivity contribution in [1.29, 1.82) is 0 Å². The fourth-order valence-electron chi connectivity index (χ4n) is 1.68. The molecule has 20 heavy (non-hydrogen) atoms. The van der Waals surface area contributed by atoms with Gasteiger partial charge in [-0.2, -0.15) is 13.2 Å². The lowest BCUT2D eigenvalue weighted by Crippen LogP contribution is -2.04. The van der Waals surface area contributed by atoms with Gasteiger partial charge in [-0.05, 0) is 42.8 Å². The molecule has 0 saturated heterocycles. The fraction of sp³-hybridized carbons (Fsp3) is 0.143. The summed E-state index contributed by atoms with van der Waals surface area (Å²) in [6, 6.07) is 7.64. The first-order chi connectivity index (χ1) is 9.27. The van der Waals surface area contributed by atoms with Crippen LogP contribution in [0.5, 0.6) is 11.5 Å². The smallest absolute Gasteiger partial charge is 0.416 e. The van der Waals surface area contributed by atoms with Crippen LogP contribution < -0.4 is 16.2 Å². The van der Waals surface area contributed by atoms with E-state index in [2.05, 4.69) is 0 Å². The standard InChI is InChI=1S/C14H13F3N2O/c1-8-6-11(18)12(19)7-13(8)20-10-4-2-9(3-5-10)14(15,16)17/h2-7H,18-19H2,1H3. The van der Waals surface area contributed by atoms with Crippen LogP contribution in [0, 0.1) is 6.92 Å². The Morgan fingerprint density at radius 3 is 2.05 bits per heavy atom. The first-order valence-corrected chi connectivity index (χ1v) is 5.78. The lowest BCUT2D eigenvalue weighted by Gasteiger charge is -2.12. The summed E-state index contributed by atoms with van der Waals surface area (Å²) in [7, 11) is 0. The number of hydrogen-bond donors (Lipinski definition) is 2. The zero-order valence-electron chi connectivity index (χ0n) is 10.7. The SMILES string of the molecule is Cc1cc(N)c(N)cc1Oc1ccc(C(F)(F)F)cc1. The maximum Gasteiger partial charge on any atom is 0.416 e. The number of halogens is 3. The molecule has 3 nitrogen and oxygen atoms in total. The number of anilines is 2. The molecule has 0 aliphatic heterocycles. The van der Waals surface area contributed by atoms with Crippen LogP contribution in [0.25, 0.3) is 0 Å². The van der Waals surface area contributed by atoms with Crippen LogP contribution in [0.15, 0.2) is 36.4 Å². The summed E-state index contributed by atoms with van der Waals surface area (Å²) in [6.45, 7) is 1.77. The minimum atomic E-state index is -4.36. The van der Waals surface area contributed by atoms with E-state index in [1.54, 1.807) is 19.1 Å². The molecule has 6 heteroatoms. The number of rotatable bonds is 2. The van der Waals surface area contributed by atoms with E-state index < -0.39 is 11.7 Å². The lowest BCUT2D eigenvalue weighted by molar-refractivity contribution is -0.137. The van der Waals surface area contributed by atoms with Crippen molar-refractivity contribution in [2.45, 2.75) is 13.1 Å². The van der Waals surface area contributed by atoms with Gasteiger partial charge in [0.2, 0.25) is 0 Å². The monoisotopic (exact) mass is 282 g/mol. The van der Waals surface area contributed by atoms with Crippen LogP contribution in [-0.4, -0.2) is 0 Å². The van der Waals surface area contributed by atoms with Gasteiger partial charge >= 0.3 is 6.18 Å². The van der Waals surface area contributed by atoms with Gasteiger partial charge in [-0.15, -0.1) is 0 Å². The van der Waals surface area contributed by atoms with Gasteiger partial charge in [-0.25, -0.2) is 0 Å². The molecule has 0 spiro atoms. The first-order valence-electron chi connectivity index (χ1n) is 5.78. The Hall–Kier alpha value is -2.37. The third kappa shape index (κ3) is 2.96. The van der Waals surface area contributed by atoms with E-state index in [0.717, 1.165) is 17.7 Å². The molecule has 0 amide bonds. The van der Waals surface area contributed by atoms with Crippen molar-refractivity contribution in [3.8, 4) is 11.5 Å². The molecule has 0 heterocycles. The van der Waals surface area contributed by atoms with Gasteiger partial charge in [0.05, 0.1) is 16.9 Å². The highest BCUT2D eigenvalue weighted by molar-refractivity contribution is 5.67. The average molecular weight is 282 g/mol. The number of aryl methyl sites for hydroxylation is 1. The molecule has 4 N–H and O–H groups in total. The molecule has 0 atom stereocenters. The van der Waals surface area contributed by atoms with Crippen LogP contribution in [0.3, 0.4) is 0 Å². The van der Waals surface area contributed by atoms with Crippen LogP contribution >= 0.6 is 0 Å². The van der Waals surface area contributed by atoms with E-state index in [1.807, 2.05) is 0 Å². The predicted octanol–water partition coefficient (Wildman–Crippen LogP) is 3.97. The van der Waals surface area contributed by atoms with E-state index in [-0.39, 0.29) is 0 Å². The Balaban J connectivity index is 2.25. The summed E-state index contributed by atoms with van der Waals surface area (Å²) in [5.41, 5.74) is 12.1. The van der Waals surface area contributed by atoms with Crippen molar-refractivity contribution in [1.82, 2.24) is 0 Å². The van der Waals surface area contributed by atoms with Gasteiger partial charge in [0.25, 0.3) is 0 Å². The summed E-state index contributed by atoms with van der Waals surface area (Å²) in [5, 5.41) is 0. The Bertz CT molecular complexity index is 622. The van der Waals surface area contributed by atoms with Crippen LogP contribution in [0.1, 0.15) is 11.1 Å². The van der Waals surface area contributed by atoms with Gasteiger partial charge in [0, 0.05) is 6.07 Å². The van der Waals surface area contributed by atoms with E-state index in [4.69, 9.17) is 16.2 Å². The molecule has 2 aromatic carbocycles. The zero-order chi connectivity index (χ0) is 14.9. The van der Waals surface area contributed by atoms with E-state index in [9.17, 15) is 13.2 Å². The summed E-state index contributed by atoms with van der Waals surface area (Å²) >= 11 is 0. The van der Waals surface area contributed by atoms with Gasteiger partial charge in [0.1, 0.15) is 11.5 Å². The third-order valence-electron chi connectivity index (χ3n) is 2.79. The average Bonchev–Trinajstić information content (AvgIpc) is 2.35. The highest BCUT2D eigenvalue weighted by atomic mass is 19.4. The maximum absolute atomic E-state index is 12.4. The zero-order valence-corrected chi connectivity index (χ0v) is 10.7. The van der Waals surface area contributed by atoms with Gasteiger partial charge < -0.3 is 16.2 Å². The number of ether oxygens (including phenoxy) is 1. The van der Waals surface area contributed by atoms with Crippen molar-refractivity contribution in [3.05, 3.63) is 47.5 Å². The van der Waals surface area contributed by atoms with Crippen molar-refractivity contribution in [2.75, 3.05) is 11.5 Å². The third-order valence-corrected chi connectivity index (χ3v) is 2.79. The second-order valence-corrected chi connectivity index (χ2v) is 4.37. The van der Waals surface area contributed by atoms with E-state index >= 15 is 0 Å². The van der Waals surface area contributed by atoms with Crippen LogP contribution in [0.2, 0.25) is 0 Å². The highest BCUT2D eigenvalue weighted by Gasteiger charge is 2.30. The minimum Gasteiger partial charge on any atom is -0.457 e. The molecule has 0 fully saturated rings. The molecule has 0 saturated carbocycles. The quantitative estimate of drug-likeness (QED) is 0.819. The van der Waals surface area contributed by atoms with Crippen molar-refractivity contribution < 1.29 is 17.9 Å². The van der Waals surface area contributed by atoms with E-state index in [1.165, 1.54) is 12.1 Å². The topological polar surface area (TPSA) is 61.3 Å². The van der Waals surface area contributed by atoms with Gasteiger partial charge in [-0.3, -0.25) is 0 Å². The van der Waals surface area contributed by atoms with Crippen molar-refractivity contribution >= 4 is 11.4 Å². The molecular formula is C14H13F3N2O. The van der Waals surface area contributed by atoms with E-state index in [0.29, 0.717) is 22.9 Å². The van der Waals surface area contributed by atoms with Crippen LogP contribution in [-0.2, 0) is 6.18 Å². The largest absolute Gasteiger partial charge is 0.457 e. The Morgan fingerprint density at radius 2 is 1.50 bits per heavy atom. The first kappa shape index (κ1) is 14.0. The molecule has 0 aromatic heterocycles. The number of benzene rings is 2. The molecular weight excluding hydrogens is 269 g/mol. The molecule has 2 aromatic rings. The number of nitrogens with two attached hydrogens (primary N) is 2. The Labute approximate surface area is 114 Å². The van der Waals surface area contributed by atoms with Gasteiger partial charge in [-0.1, -0.05) is 0 Å². The summed E-state index contributed by atoms with van der Waals surface area (Å²) in [4.78, 5) is 0. The molecule has 0 radical (unpaired) electrons. The number of alkyl halides is 3. The second-order valence-electron chi connectivity index (χ2n) is 4.37. The molecule has 0 bridgehead atoms. The summed E-state index contributed by atoms with van der Waals surface area (Å²) < 4.78 is 42.8. The lowest BCUT2D eigenvalue weighted by atomic mass is 10.1. The number of hydrogen-bond acceptors (Lipinski definition) is 3. The molecule has 2 rings (SSSR count). The maximum atomic E-state index is 12.4. The Kier molecular flexibility index (Phi) is 3.48. The van der Waals surface area contributed by atoms with Gasteiger partial charge in [0.15, 0.2) is 0 Å².